The highest BCUT2D eigenvalue weighted by Crippen LogP contribution is 2.29. The van der Waals surface area contributed by atoms with Gasteiger partial charge in [0.1, 0.15) is 18.1 Å². The number of carbonyl (C=O) groups excluding carboxylic acids is 2. The van der Waals surface area contributed by atoms with Gasteiger partial charge >= 0.3 is 6.03 Å². The average Bonchev–Trinajstić information content (AvgIpc) is 3.06. The van der Waals surface area contributed by atoms with Gasteiger partial charge in [0, 0.05) is 17.2 Å². The van der Waals surface area contributed by atoms with E-state index in [2.05, 4.69) is 21.2 Å². The van der Waals surface area contributed by atoms with Crippen LogP contribution in [0, 0.1) is 10.1 Å². The number of ether oxygens (including phenoxy) is 1. The zero-order valence-corrected chi connectivity index (χ0v) is 19.2. The lowest BCUT2D eigenvalue weighted by Crippen LogP contribution is -2.30. The number of nitro groups is 1. The third-order valence-corrected chi connectivity index (χ3v) is 5.58. The van der Waals surface area contributed by atoms with Gasteiger partial charge in [-0.3, -0.25) is 14.9 Å². The number of hydrogen-bond acceptors (Lipinski definition) is 5. The van der Waals surface area contributed by atoms with Crippen molar-refractivity contribution in [3.05, 3.63) is 103 Å². The van der Waals surface area contributed by atoms with Crippen LogP contribution in [0.25, 0.3) is 6.08 Å². The Balaban J connectivity index is 1.49. The average molecular weight is 529 g/mol. The minimum Gasteiger partial charge on any atom is -0.488 e. The molecule has 3 aromatic carbocycles. The molecule has 0 radical (unpaired) electrons. The molecule has 4 rings (SSSR count). The number of anilines is 1. The normalized spacial score (nSPS) is 14.5. The molecule has 1 fully saturated rings. The maximum atomic E-state index is 12.8. The van der Waals surface area contributed by atoms with Crippen molar-refractivity contribution >= 4 is 56.9 Å². The summed E-state index contributed by atoms with van der Waals surface area (Å²) in [7, 11) is 0. The van der Waals surface area contributed by atoms with E-state index in [9.17, 15) is 19.7 Å². The molecule has 10 heteroatoms. The number of rotatable bonds is 6. The SMILES string of the molecule is O=C1N/C(=C/c2ccc(OCc3cccc([N+](=O)[O-])c3)c(Br)c2)C(=O)N1c1cccc(Cl)c1. The topological polar surface area (TPSA) is 102 Å². The standard InChI is InChI=1S/C23H15BrClN3O5/c24-19-10-14(7-8-21(19)33-13-15-3-1-6-18(9-15)28(31)32)11-20-22(29)27(23(30)26-20)17-5-2-4-16(25)12-17/h1-12H,13H2,(H,26,30)/b20-11+. The van der Waals surface area contributed by atoms with Crippen LogP contribution in [0.15, 0.2) is 76.9 Å². The lowest BCUT2D eigenvalue weighted by molar-refractivity contribution is -0.384. The molecule has 1 aliphatic rings. The van der Waals surface area contributed by atoms with Crippen LogP contribution in [0.4, 0.5) is 16.2 Å². The number of nitrogens with zero attached hydrogens (tertiary/aromatic N) is 2. The summed E-state index contributed by atoms with van der Waals surface area (Å²) in [5.74, 6) is 0.0235. The summed E-state index contributed by atoms with van der Waals surface area (Å²) in [4.78, 5) is 36.6. The van der Waals surface area contributed by atoms with Crippen LogP contribution in [0.1, 0.15) is 11.1 Å². The van der Waals surface area contributed by atoms with Gasteiger partial charge in [-0.1, -0.05) is 35.9 Å². The Morgan fingerprint density at radius 1 is 1.09 bits per heavy atom. The minimum atomic E-state index is -0.565. The van der Waals surface area contributed by atoms with Crippen molar-refractivity contribution in [3.63, 3.8) is 0 Å². The molecule has 1 heterocycles. The fraction of sp³-hybridized carbons (Fsp3) is 0.0435. The lowest BCUT2D eigenvalue weighted by Gasteiger charge is -2.11. The van der Waals surface area contributed by atoms with E-state index in [1.807, 2.05) is 0 Å². The molecule has 1 N–H and O–H groups in total. The monoisotopic (exact) mass is 527 g/mol. The molecule has 0 spiro atoms. The fourth-order valence-corrected chi connectivity index (χ4v) is 3.89. The van der Waals surface area contributed by atoms with Crippen LogP contribution in [0.2, 0.25) is 5.02 Å². The quantitative estimate of drug-likeness (QED) is 0.192. The molecule has 1 saturated heterocycles. The van der Waals surface area contributed by atoms with E-state index in [1.165, 1.54) is 18.2 Å². The van der Waals surface area contributed by atoms with Crippen LogP contribution in [0.3, 0.4) is 0 Å². The number of halogens is 2. The number of carbonyl (C=O) groups is 2. The van der Waals surface area contributed by atoms with E-state index in [0.29, 0.717) is 32.1 Å². The number of non-ortho nitro benzene ring substituents is 1. The minimum absolute atomic E-state index is 0.00719. The molecular weight excluding hydrogens is 514 g/mol. The zero-order valence-electron chi connectivity index (χ0n) is 16.8. The molecule has 1 aliphatic heterocycles. The summed E-state index contributed by atoms with van der Waals surface area (Å²) in [6.45, 7) is 0.143. The first-order valence-corrected chi connectivity index (χ1v) is 10.8. The van der Waals surface area contributed by atoms with Gasteiger partial charge in [0.2, 0.25) is 0 Å². The second-order valence-electron chi connectivity index (χ2n) is 7.01. The Hall–Kier alpha value is -3.69. The summed E-state index contributed by atoms with van der Waals surface area (Å²) < 4.78 is 6.38. The van der Waals surface area contributed by atoms with Gasteiger partial charge in [0.05, 0.1) is 15.1 Å². The highest BCUT2D eigenvalue weighted by Gasteiger charge is 2.34. The zero-order chi connectivity index (χ0) is 23.5. The molecule has 0 aromatic heterocycles. The van der Waals surface area contributed by atoms with Crippen molar-refractivity contribution in [2.75, 3.05) is 4.90 Å². The molecule has 8 nitrogen and oxygen atoms in total. The van der Waals surface area contributed by atoms with E-state index >= 15 is 0 Å². The van der Waals surface area contributed by atoms with Gasteiger partial charge in [-0.15, -0.1) is 0 Å². The van der Waals surface area contributed by atoms with E-state index in [0.717, 1.165) is 4.90 Å². The van der Waals surface area contributed by atoms with E-state index in [-0.39, 0.29) is 18.0 Å². The van der Waals surface area contributed by atoms with Gasteiger partial charge in [-0.05, 0) is 63.5 Å². The largest absolute Gasteiger partial charge is 0.488 e. The van der Waals surface area contributed by atoms with Crippen LogP contribution >= 0.6 is 27.5 Å². The third kappa shape index (κ3) is 5.05. The Labute approximate surface area is 201 Å². The Bertz CT molecular complexity index is 1310. The predicted octanol–water partition coefficient (Wildman–Crippen LogP) is 5.69. The smallest absolute Gasteiger partial charge is 0.333 e. The van der Waals surface area contributed by atoms with Crippen LogP contribution in [-0.4, -0.2) is 16.9 Å². The van der Waals surface area contributed by atoms with E-state index in [4.69, 9.17) is 16.3 Å². The van der Waals surface area contributed by atoms with E-state index < -0.39 is 16.9 Å². The number of amides is 3. The van der Waals surface area contributed by atoms with Gasteiger partial charge < -0.3 is 10.1 Å². The first-order valence-electron chi connectivity index (χ1n) is 9.60. The van der Waals surface area contributed by atoms with Crippen molar-refractivity contribution in [2.45, 2.75) is 6.61 Å². The van der Waals surface area contributed by atoms with Crippen molar-refractivity contribution in [3.8, 4) is 5.75 Å². The summed E-state index contributed by atoms with van der Waals surface area (Å²) >= 11 is 9.40. The number of hydrogen-bond donors (Lipinski definition) is 1. The highest BCUT2D eigenvalue weighted by atomic mass is 79.9. The fourth-order valence-electron chi connectivity index (χ4n) is 3.20. The molecule has 3 aromatic rings. The second kappa shape index (κ2) is 9.43. The number of imide groups is 1. The van der Waals surface area contributed by atoms with E-state index in [1.54, 1.807) is 54.6 Å². The van der Waals surface area contributed by atoms with Crippen LogP contribution in [0.5, 0.6) is 5.75 Å². The summed E-state index contributed by atoms with van der Waals surface area (Å²) in [5, 5.41) is 13.9. The summed E-state index contributed by atoms with van der Waals surface area (Å²) in [5.41, 5.74) is 1.80. The molecule has 33 heavy (non-hydrogen) atoms. The molecule has 166 valence electrons. The van der Waals surface area contributed by atoms with Crippen molar-refractivity contribution in [1.29, 1.82) is 0 Å². The maximum absolute atomic E-state index is 12.8. The molecule has 0 aliphatic carbocycles. The molecule has 0 atom stereocenters. The first kappa shape index (κ1) is 22.5. The third-order valence-electron chi connectivity index (χ3n) is 4.73. The highest BCUT2D eigenvalue weighted by molar-refractivity contribution is 9.10. The maximum Gasteiger partial charge on any atom is 0.333 e. The molecular formula is C23H15BrClN3O5. The lowest BCUT2D eigenvalue weighted by atomic mass is 10.1. The second-order valence-corrected chi connectivity index (χ2v) is 8.30. The number of nitrogens with one attached hydrogen (secondary N) is 1. The van der Waals surface area contributed by atoms with Gasteiger partial charge in [-0.2, -0.15) is 0 Å². The molecule has 0 saturated carbocycles. The molecule has 3 amide bonds. The van der Waals surface area contributed by atoms with Gasteiger partial charge in [-0.25, -0.2) is 9.69 Å². The Kier molecular flexibility index (Phi) is 6.43. The molecule has 0 unspecified atom stereocenters. The van der Waals surface area contributed by atoms with Crippen LogP contribution in [-0.2, 0) is 11.4 Å². The Morgan fingerprint density at radius 2 is 1.88 bits per heavy atom. The number of nitro benzene ring substituents is 1. The van der Waals surface area contributed by atoms with Crippen molar-refractivity contribution in [1.82, 2.24) is 5.32 Å². The summed E-state index contributed by atoms with van der Waals surface area (Å²) in [6.07, 6.45) is 1.56. The van der Waals surface area contributed by atoms with Gasteiger partial charge in [0.15, 0.2) is 0 Å². The Morgan fingerprint density at radius 3 is 2.61 bits per heavy atom. The van der Waals surface area contributed by atoms with Crippen molar-refractivity contribution in [2.24, 2.45) is 0 Å². The predicted molar refractivity (Wildman–Crippen MR) is 127 cm³/mol. The number of urea groups is 1. The van der Waals surface area contributed by atoms with Crippen LogP contribution < -0.4 is 15.0 Å². The molecule has 0 bridgehead atoms. The summed E-state index contributed by atoms with van der Waals surface area (Å²) in [6, 6.07) is 17.3. The number of benzene rings is 3. The first-order chi connectivity index (χ1) is 15.8. The van der Waals surface area contributed by atoms with Crippen molar-refractivity contribution < 1.29 is 19.2 Å². The van der Waals surface area contributed by atoms with Gasteiger partial charge in [0.25, 0.3) is 11.6 Å².